The molecule has 1 rings (SSSR count). The van der Waals surface area contributed by atoms with E-state index in [-0.39, 0.29) is 18.2 Å². The molecular weight excluding hydrogens is 256 g/mol. The largest absolute Gasteiger partial charge is 0.383 e. The van der Waals surface area contributed by atoms with Gasteiger partial charge >= 0.3 is 6.03 Å². The first-order valence-electron chi connectivity index (χ1n) is 6.79. The van der Waals surface area contributed by atoms with Crippen LogP contribution in [0, 0.1) is 0 Å². The third-order valence-electron chi connectivity index (χ3n) is 3.16. The second kappa shape index (κ2) is 8.55. The maximum Gasteiger partial charge on any atom is 0.319 e. The molecule has 112 valence electrons. The number of ether oxygens (including phenoxy) is 2. The maximum absolute atomic E-state index is 11.9. The van der Waals surface area contributed by atoms with Crippen molar-refractivity contribution in [3.8, 4) is 0 Å². The zero-order chi connectivity index (χ0) is 15.0. The van der Waals surface area contributed by atoms with Gasteiger partial charge in [-0.25, -0.2) is 4.79 Å². The minimum absolute atomic E-state index is 0.00306. The number of urea groups is 1. The van der Waals surface area contributed by atoms with Crippen molar-refractivity contribution in [3.63, 3.8) is 0 Å². The molecule has 0 saturated heterocycles. The van der Waals surface area contributed by atoms with Gasteiger partial charge in [0.05, 0.1) is 18.8 Å². The Hall–Kier alpha value is -1.59. The molecule has 0 fully saturated rings. The highest BCUT2D eigenvalue weighted by molar-refractivity contribution is 5.89. The van der Waals surface area contributed by atoms with Gasteiger partial charge in [-0.2, -0.15) is 0 Å². The summed E-state index contributed by atoms with van der Waals surface area (Å²) in [6, 6.07) is 7.41. The normalized spacial score (nSPS) is 13.6. The van der Waals surface area contributed by atoms with E-state index in [4.69, 9.17) is 9.47 Å². The smallest absolute Gasteiger partial charge is 0.319 e. The molecule has 2 amide bonds. The Bertz CT molecular complexity index is 423. The second-order valence-corrected chi connectivity index (χ2v) is 4.66. The molecule has 0 aliphatic carbocycles. The van der Waals surface area contributed by atoms with E-state index < -0.39 is 0 Å². The third kappa shape index (κ3) is 5.19. The molecule has 0 bridgehead atoms. The van der Waals surface area contributed by atoms with Crippen LogP contribution in [0.2, 0.25) is 0 Å². The van der Waals surface area contributed by atoms with Crippen molar-refractivity contribution in [3.05, 3.63) is 29.8 Å². The van der Waals surface area contributed by atoms with Crippen molar-refractivity contribution >= 4 is 11.7 Å². The van der Waals surface area contributed by atoms with Crippen LogP contribution in [0.15, 0.2) is 24.3 Å². The fourth-order valence-electron chi connectivity index (χ4n) is 1.82. The van der Waals surface area contributed by atoms with Gasteiger partial charge in [0, 0.05) is 19.9 Å². The summed E-state index contributed by atoms with van der Waals surface area (Å²) < 4.78 is 10.3. The van der Waals surface area contributed by atoms with Crippen molar-refractivity contribution in [2.24, 2.45) is 0 Å². The minimum Gasteiger partial charge on any atom is -0.383 e. The lowest BCUT2D eigenvalue weighted by molar-refractivity contribution is 0.119. The number of anilines is 1. The summed E-state index contributed by atoms with van der Waals surface area (Å²) in [4.78, 5) is 11.9. The van der Waals surface area contributed by atoms with Gasteiger partial charge in [-0.05, 0) is 31.0 Å². The monoisotopic (exact) mass is 280 g/mol. The zero-order valence-electron chi connectivity index (χ0n) is 12.6. The molecule has 0 spiro atoms. The molecule has 5 heteroatoms. The minimum atomic E-state index is -0.226. The first kappa shape index (κ1) is 16.5. The van der Waals surface area contributed by atoms with E-state index in [9.17, 15) is 4.79 Å². The number of carbonyl (C=O) groups is 1. The fourth-order valence-corrected chi connectivity index (χ4v) is 1.82. The number of benzene rings is 1. The van der Waals surface area contributed by atoms with Crippen LogP contribution in [0.3, 0.4) is 0 Å². The van der Waals surface area contributed by atoms with Gasteiger partial charge in [0.25, 0.3) is 0 Å². The van der Waals surface area contributed by atoms with Crippen LogP contribution in [0.4, 0.5) is 10.5 Å². The molecule has 2 atom stereocenters. The topological polar surface area (TPSA) is 59.6 Å². The van der Waals surface area contributed by atoms with Crippen LogP contribution in [0.5, 0.6) is 0 Å². The van der Waals surface area contributed by atoms with Crippen LogP contribution in [0.1, 0.15) is 31.9 Å². The lowest BCUT2D eigenvalue weighted by Gasteiger charge is -2.17. The predicted molar refractivity (Wildman–Crippen MR) is 80.0 cm³/mol. The van der Waals surface area contributed by atoms with E-state index in [1.807, 2.05) is 38.1 Å². The number of methoxy groups -OCH3 is 2. The summed E-state index contributed by atoms with van der Waals surface area (Å²) in [5.41, 5.74) is 1.77. The third-order valence-corrected chi connectivity index (χ3v) is 3.16. The molecule has 0 saturated carbocycles. The summed E-state index contributed by atoms with van der Waals surface area (Å²) >= 11 is 0. The van der Waals surface area contributed by atoms with Crippen LogP contribution in [0.25, 0.3) is 0 Å². The second-order valence-electron chi connectivity index (χ2n) is 4.66. The van der Waals surface area contributed by atoms with E-state index in [0.717, 1.165) is 17.7 Å². The number of hydrogen-bond donors (Lipinski definition) is 2. The molecule has 5 nitrogen and oxygen atoms in total. The average molecular weight is 280 g/mol. The molecule has 1 aromatic carbocycles. The molecule has 0 aromatic heterocycles. The van der Waals surface area contributed by atoms with Crippen LogP contribution in [-0.2, 0) is 9.47 Å². The molecular formula is C15H24N2O3. The summed E-state index contributed by atoms with van der Waals surface area (Å²) in [7, 11) is 3.28. The Balaban J connectivity index is 2.61. The SMILES string of the molecule is CC[C@H](COC)NC(=O)Nc1cccc([C@@H](C)OC)c1. The van der Waals surface area contributed by atoms with Gasteiger partial charge in [0.1, 0.15) is 0 Å². The molecule has 20 heavy (non-hydrogen) atoms. The van der Waals surface area contributed by atoms with Crippen LogP contribution >= 0.6 is 0 Å². The zero-order valence-corrected chi connectivity index (χ0v) is 12.6. The number of rotatable bonds is 7. The molecule has 2 N–H and O–H groups in total. The van der Waals surface area contributed by atoms with Gasteiger partial charge in [-0.3, -0.25) is 0 Å². The average Bonchev–Trinajstić information content (AvgIpc) is 2.46. The lowest BCUT2D eigenvalue weighted by Crippen LogP contribution is -2.40. The molecule has 0 radical (unpaired) electrons. The predicted octanol–water partition coefficient (Wildman–Crippen LogP) is 2.94. The van der Waals surface area contributed by atoms with Gasteiger partial charge in [-0.15, -0.1) is 0 Å². The van der Waals surface area contributed by atoms with Crippen molar-refractivity contribution in [2.45, 2.75) is 32.4 Å². The van der Waals surface area contributed by atoms with E-state index in [1.54, 1.807) is 14.2 Å². The highest BCUT2D eigenvalue weighted by Gasteiger charge is 2.11. The Morgan fingerprint density at radius 1 is 1.35 bits per heavy atom. The van der Waals surface area contributed by atoms with E-state index >= 15 is 0 Å². The summed E-state index contributed by atoms with van der Waals surface area (Å²) in [6.45, 7) is 4.47. The number of amides is 2. The Morgan fingerprint density at radius 3 is 2.70 bits per heavy atom. The number of carbonyl (C=O) groups excluding carboxylic acids is 1. The van der Waals surface area contributed by atoms with Crippen molar-refractivity contribution in [1.29, 1.82) is 0 Å². The van der Waals surface area contributed by atoms with Gasteiger partial charge in [-0.1, -0.05) is 19.1 Å². The van der Waals surface area contributed by atoms with Gasteiger partial charge in [0.15, 0.2) is 0 Å². The van der Waals surface area contributed by atoms with Crippen LogP contribution < -0.4 is 10.6 Å². The highest BCUT2D eigenvalue weighted by atomic mass is 16.5. The summed E-state index contributed by atoms with van der Waals surface area (Å²) in [5.74, 6) is 0. The standard InChI is InChI=1S/C15H24N2O3/c1-5-13(10-19-3)16-15(18)17-14-8-6-7-12(9-14)11(2)20-4/h6-9,11,13H,5,10H2,1-4H3,(H2,16,17,18)/t11-,13-/m1/s1. The Labute approximate surface area is 120 Å². The van der Waals surface area contributed by atoms with E-state index in [0.29, 0.717) is 6.61 Å². The first-order valence-corrected chi connectivity index (χ1v) is 6.79. The highest BCUT2D eigenvalue weighted by Crippen LogP contribution is 2.19. The first-order chi connectivity index (χ1) is 9.60. The lowest BCUT2D eigenvalue weighted by atomic mass is 10.1. The Morgan fingerprint density at radius 2 is 2.10 bits per heavy atom. The quantitative estimate of drug-likeness (QED) is 0.807. The van der Waals surface area contributed by atoms with Gasteiger partial charge in [0.2, 0.25) is 0 Å². The maximum atomic E-state index is 11.9. The molecule has 0 aliphatic rings. The summed E-state index contributed by atoms with van der Waals surface area (Å²) in [6.07, 6.45) is 0.818. The van der Waals surface area contributed by atoms with E-state index in [1.165, 1.54) is 0 Å². The van der Waals surface area contributed by atoms with Crippen molar-refractivity contribution in [1.82, 2.24) is 5.32 Å². The molecule has 0 unspecified atom stereocenters. The van der Waals surface area contributed by atoms with Crippen molar-refractivity contribution in [2.75, 3.05) is 26.1 Å². The number of nitrogens with one attached hydrogen (secondary N) is 2. The van der Waals surface area contributed by atoms with E-state index in [2.05, 4.69) is 10.6 Å². The Kier molecular flexibility index (Phi) is 7.04. The van der Waals surface area contributed by atoms with Gasteiger partial charge < -0.3 is 20.1 Å². The summed E-state index contributed by atoms with van der Waals surface area (Å²) in [5, 5.41) is 5.70. The van der Waals surface area contributed by atoms with Crippen LogP contribution in [-0.4, -0.2) is 32.9 Å². The number of hydrogen-bond acceptors (Lipinski definition) is 3. The molecule has 0 aliphatic heterocycles. The fraction of sp³-hybridized carbons (Fsp3) is 0.533. The van der Waals surface area contributed by atoms with Crippen molar-refractivity contribution < 1.29 is 14.3 Å². The molecule has 0 heterocycles. The molecule has 1 aromatic rings.